The molecule has 0 radical (unpaired) electrons. The van der Waals surface area contributed by atoms with Crippen LogP contribution in [0.5, 0.6) is 5.75 Å². The lowest BCUT2D eigenvalue weighted by atomic mass is 9.98. The fourth-order valence-electron chi connectivity index (χ4n) is 2.52. The zero-order valence-corrected chi connectivity index (χ0v) is 12.4. The molecule has 98 valence electrons. The topological polar surface area (TPSA) is 25.4 Å². The zero-order chi connectivity index (χ0) is 13.2. The Morgan fingerprint density at radius 2 is 2.16 bits per heavy atom. The third-order valence-corrected chi connectivity index (χ3v) is 3.95. The number of benzene rings is 1. The molecule has 2 heterocycles. The predicted molar refractivity (Wildman–Crippen MR) is 79.7 cm³/mol. The Morgan fingerprint density at radius 1 is 1.26 bits per heavy atom. The van der Waals surface area contributed by atoms with Gasteiger partial charge in [-0.15, -0.1) is 0 Å². The molecule has 0 N–H and O–H groups in total. The lowest BCUT2D eigenvalue weighted by molar-refractivity contribution is 0.407. The minimum absolute atomic E-state index is 0.890. The number of hydrogen-bond donors (Lipinski definition) is 0. The lowest BCUT2D eigenvalue weighted by Crippen LogP contribution is -2.31. The van der Waals surface area contributed by atoms with Crippen LogP contribution >= 0.6 is 15.9 Å². The van der Waals surface area contributed by atoms with Gasteiger partial charge in [0.25, 0.3) is 0 Å². The third-order valence-electron chi connectivity index (χ3n) is 3.48. The van der Waals surface area contributed by atoms with Crippen LogP contribution in [0.2, 0.25) is 0 Å². The van der Waals surface area contributed by atoms with Crippen molar-refractivity contribution in [2.24, 2.45) is 0 Å². The maximum atomic E-state index is 5.43. The lowest BCUT2D eigenvalue weighted by Gasteiger charge is -2.30. The molecule has 2 aromatic rings. The molecule has 0 bridgehead atoms. The second-order valence-electron chi connectivity index (χ2n) is 4.60. The van der Waals surface area contributed by atoms with Crippen LogP contribution in [0.3, 0.4) is 0 Å². The molecule has 4 heteroatoms. The maximum Gasteiger partial charge on any atom is 0.128 e. The molecular formula is C15H15BrN2O. The highest BCUT2D eigenvalue weighted by Crippen LogP contribution is 2.29. The first-order valence-electron chi connectivity index (χ1n) is 6.29. The minimum atomic E-state index is 0.890. The van der Waals surface area contributed by atoms with Crippen molar-refractivity contribution in [3.8, 4) is 5.75 Å². The van der Waals surface area contributed by atoms with Crippen molar-refractivity contribution in [1.29, 1.82) is 0 Å². The summed E-state index contributed by atoms with van der Waals surface area (Å²) in [5.41, 5.74) is 2.66. The molecule has 0 aliphatic carbocycles. The van der Waals surface area contributed by atoms with Crippen molar-refractivity contribution in [3.05, 3.63) is 52.1 Å². The molecule has 0 saturated heterocycles. The zero-order valence-electron chi connectivity index (χ0n) is 10.8. The number of fused-ring (bicyclic) bond motifs is 1. The van der Waals surface area contributed by atoms with Gasteiger partial charge in [0.15, 0.2) is 0 Å². The van der Waals surface area contributed by atoms with E-state index < -0.39 is 0 Å². The third kappa shape index (κ3) is 2.45. The molecule has 1 aliphatic heterocycles. The van der Waals surface area contributed by atoms with Crippen molar-refractivity contribution < 1.29 is 4.74 Å². The second-order valence-corrected chi connectivity index (χ2v) is 5.52. The number of anilines is 1. The Balaban J connectivity index is 1.88. The van der Waals surface area contributed by atoms with Gasteiger partial charge in [-0.1, -0.05) is 12.1 Å². The summed E-state index contributed by atoms with van der Waals surface area (Å²) >= 11 is 3.42. The molecule has 1 aromatic heterocycles. The Morgan fingerprint density at radius 3 is 2.89 bits per heavy atom. The highest BCUT2D eigenvalue weighted by atomic mass is 79.9. The SMILES string of the molecule is COc1cccc2c1CCN(c1ccc(Br)cn1)C2. The van der Waals surface area contributed by atoms with Crippen LogP contribution in [0.15, 0.2) is 41.0 Å². The van der Waals surface area contributed by atoms with Crippen molar-refractivity contribution in [2.75, 3.05) is 18.6 Å². The van der Waals surface area contributed by atoms with Crippen LogP contribution in [-0.4, -0.2) is 18.6 Å². The first kappa shape index (κ1) is 12.5. The molecule has 1 aliphatic rings. The highest BCUT2D eigenvalue weighted by Gasteiger charge is 2.19. The van der Waals surface area contributed by atoms with E-state index in [9.17, 15) is 0 Å². The first-order valence-corrected chi connectivity index (χ1v) is 7.08. The van der Waals surface area contributed by atoms with E-state index in [1.54, 1.807) is 7.11 Å². The van der Waals surface area contributed by atoms with Gasteiger partial charge in [-0.3, -0.25) is 0 Å². The summed E-state index contributed by atoms with van der Waals surface area (Å²) in [6, 6.07) is 10.3. The maximum absolute atomic E-state index is 5.43. The molecule has 0 amide bonds. The molecule has 0 atom stereocenters. The van der Waals surface area contributed by atoms with Gasteiger partial charge in [0.05, 0.1) is 7.11 Å². The Bertz CT molecular complexity index is 583. The van der Waals surface area contributed by atoms with E-state index in [1.807, 2.05) is 18.3 Å². The van der Waals surface area contributed by atoms with E-state index in [0.717, 1.165) is 35.6 Å². The summed E-state index contributed by atoms with van der Waals surface area (Å²) in [5.74, 6) is 2.03. The van der Waals surface area contributed by atoms with Crippen molar-refractivity contribution in [1.82, 2.24) is 4.98 Å². The van der Waals surface area contributed by atoms with E-state index in [4.69, 9.17) is 4.74 Å². The quantitative estimate of drug-likeness (QED) is 0.848. The fraction of sp³-hybridized carbons (Fsp3) is 0.267. The molecule has 0 fully saturated rings. The van der Waals surface area contributed by atoms with Crippen LogP contribution in [0.4, 0.5) is 5.82 Å². The number of rotatable bonds is 2. The van der Waals surface area contributed by atoms with Gasteiger partial charge in [-0.2, -0.15) is 0 Å². The number of halogens is 1. The van der Waals surface area contributed by atoms with Gasteiger partial charge >= 0.3 is 0 Å². The number of methoxy groups -OCH3 is 1. The normalized spacial score (nSPS) is 14.1. The molecule has 19 heavy (non-hydrogen) atoms. The van der Waals surface area contributed by atoms with Gasteiger partial charge in [-0.25, -0.2) is 4.98 Å². The summed E-state index contributed by atoms with van der Waals surface area (Å²) < 4.78 is 6.44. The van der Waals surface area contributed by atoms with E-state index >= 15 is 0 Å². The molecule has 3 nitrogen and oxygen atoms in total. The van der Waals surface area contributed by atoms with Gasteiger partial charge in [-0.05, 0) is 46.1 Å². The van der Waals surface area contributed by atoms with Crippen LogP contribution in [0, 0.1) is 0 Å². The molecule has 1 aromatic carbocycles. The van der Waals surface area contributed by atoms with E-state index in [1.165, 1.54) is 11.1 Å². The minimum Gasteiger partial charge on any atom is -0.496 e. The van der Waals surface area contributed by atoms with E-state index in [2.05, 4.69) is 44.0 Å². The number of aromatic nitrogens is 1. The number of ether oxygens (including phenoxy) is 1. The summed E-state index contributed by atoms with van der Waals surface area (Å²) in [6.45, 7) is 1.86. The molecule has 0 saturated carbocycles. The van der Waals surface area contributed by atoms with Gasteiger partial charge in [0, 0.05) is 29.3 Å². The fourth-order valence-corrected chi connectivity index (χ4v) is 2.75. The van der Waals surface area contributed by atoms with Crippen molar-refractivity contribution in [3.63, 3.8) is 0 Å². The molecule has 0 spiro atoms. The largest absolute Gasteiger partial charge is 0.496 e. The van der Waals surface area contributed by atoms with Crippen LogP contribution in [0.1, 0.15) is 11.1 Å². The molecular weight excluding hydrogens is 304 g/mol. The Labute approximate surface area is 121 Å². The van der Waals surface area contributed by atoms with Crippen molar-refractivity contribution >= 4 is 21.7 Å². The van der Waals surface area contributed by atoms with Crippen LogP contribution in [-0.2, 0) is 13.0 Å². The number of nitrogens with zero attached hydrogens (tertiary/aromatic N) is 2. The van der Waals surface area contributed by atoms with E-state index in [-0.39, 0.29) is 0 Å². The summed E-state index contributed by atoms with van der Waals surface area (Å²) in [6.07, 6.45) is 2.84. The molecule has 3 rings (SSSR count). The van der Waals surface area contributed by atoms with Gasteiger partial charge in [0.2, 0.25) is 0 Å². The summed E-state index contributed by atoms with van der Waals surface area (Å²) in [7, 11) is 1.73. The van der Waals surface area contributed by atoms with Gasteiger partial charge in [0.1, 0.15) is 11.6 Å². The standard InChI is InChI=1S/C15H15BrN2O/c1-19-14-4-2-3-11-10-18(8-7-13(11)14)15-6-5-12(16)9-17-15/h2-6,9H,7-8,10H2,1H3. The monoisotopic (exact) mass is 318 g/mol. The first-order chi connectivity index (χ1) is 9.28. The Hall–Kier alpha value is -1.55. The van der Waals surface area contributed by atoms with Crippen LogP contribution in [0.25, 0.3) is 0 Å². The average Bonchev–Trinajstić information content (AvgIpc) is 2.47. The second kappa shape index (κ2) is 5.21. The average molecular weight is 319 g/mol. The van der Waals surface area contributed by atoms with Crippen LogP contribution < -0.4 is 9.64 Å². The summed E-state index contributed by atoms with van der Waals surface area (Å²) in [4.78, 5) is 6.77. The number of hydrogen-bond acceptors (Lipinski definition) is 3. The summed E-state index contributed by atoms with van der Waals surface area (Å²) in [5, 5.41) is 0. The molecule has 0 unspecified atom stereocenters. The smallest absolute Gasteiger partial charge is 0.128 e. The van der Waals surface area contributed by atoms with E-state index in [0.29, 0.717) is 0 Å². The number of pyridine rings is 1. The predicted octanol–water partition coefficient (Wildman–Crippen LogP) is 3.42. The van der Waals surface area contributed by atoms with Gasteiger partial charge < -0.3 is 9.64 Å². The Kier molecular flexibility index (Phi) is 3.42. The van der Waals surface area contributed by atoms with Crippen molar-refractivity contribution in [2.45, 2.75) is 13.0 Å². The highest BCUT2D eigenvalue weighted by molar-refractivity contribution is 9.10.